The third-order valence-corrected chi connectivity index (χ3v) is 20.0. The van der Waals surface area contributed by atoms with Crippen LogP contribution in [0.2, 0.25) is 0 Å². The van der Waals surface area contributed by atoms with Crippen LogP contribution in [-0.2, 0) is 0 Å². The number of aromatic nitrogens is 2. The topological polar surface area (TPSA) is 16.3 Å². The molecule has 0 amide bonds. The second kappa shape index (κ2) is 23.5. The van der Waals surface area contributed by atoms with Crippen LogP contribution in [-0.4, -0.2) is 9.13 Å². The molecule has 4 heteroatoms. The lowest BCUT2D eigenvalue weighted by Gasteiger charge is -2.26. The van der Waals surface area contributed by atoms with Gasteiger partial charge in [-0.2, -0.15) is 0 Å². The number of hydrogen-bond acceptors (Lipinski definition) is 2. The van der Waals surface area contributed by atoms with E-state index in [1.165, 1.54) is 109 Å². The predicted octanol–water partition coefficient (Wildman–Crippen LogP) is 26.1. The van der Waals surface area contributed by atoms with E-state index < -0.39 is 0 Å². The smallest absolute Gasteiger partial charge is 0.0542 e. The molecule has 0 atom stereocenters. The zero-order chi connectivity index (χ0) is 64.6. The molecule has 0 radical (unpaired) electrons. The van der Waals surface area contributed by atoms with Gasteiger partial charge in [0.25, 0.3) is 0 Å². The number of benzene rings is 17. The molecule has 0 spiro atoms. The van der Waals surface area contributed by atoms with Crippen LogP contribution in [0.1, 0.15) is 0 Å². The maximum atomic E-state index is 2.41. The highest BCUT2D eigenvalue weighted by molar-refractivity contribution is 6.22. The summed E-state index contributed by atoms with van der Waals surface area (Å²) in [5, 5.41) is 14.6. The second-order valence-corrected chi connectivity index (χ2v) is 25.5. The summed E-state index contributed by atoms with van der Waals surface area (Å²) in [6, 6.07) is 138. The number of rotatable bonds is 12. The summed E-state index contributed by atoms with van der Waals surface area (Å²) >= 11 is 0. The van der Waals surface area contributed by atoms with Crippen molar-refractivity contribution in [2.24, 2.45) is 0 Å². The van der Waals surface area contributed by atoms with E-state index in [0.29, 0.717) is 0 Å². The van der Waals surface area contributed by atoms with E-state index in [2.05, 4.69) is 395 Å². The SMILES string of the molecule is c1ccc(N(c2ccc(-c3c4ccccc4c(-c4ccc(N(c5ccccc5)c5ccc6c(c5)c5cc(-c7cccc8ccccc78)ccc5n6-c5ccccc5)cc4)c4ccccc34)cc2)c2ccc3c(c2)c2cc(-c4cccc5ccccc45)ccc2n3-c2ccccc2)cc1. The van der Waals surface area contributed by atoms with Crippen LogP contribution in [0.15, 0.2) is 376 Å². The molecule has 0 bridgehead atoms. The molecule has 0 fully saturated rings. The van der Waals surface area contributed by atoms with Crippen LogP contribution < -0.4 is 9.80 Å². The molecule has 19 aromatic rings. The molecular formula is C94H62N4. The van der Waals surface area contributed by atoms with Crippen LogP contribution in [0.25, 0.3) is 143 Å². The maximum absolute atomic E-state index is 2.41. The summed E-state index contributed by atoms with van der Waals surface area (Å²) in [6.07, 6.45) is 0. The molecule has 0 unspecified atom stereocenters. The van der Waals surface area contributed by atoms with Gasteiger partial charge in [-0.25, -0.2) is 0 Å². The summed E-state index contributed by atoms with van der Waals surface area (Å²) in [4.78, 5) is 4.80. The van der Waals surface area contributed by atoms with Crippen molar-refractivity contribution in [1.82, 2.24) is 9.13 Å². The average Bonchev–Trinajstić information content (AvgIpc) is 1.03. The highest BCUT2D eigenvalue weighted by atomic mass is 15.1. The van der Waals surface area contributed by atoms with Gasteiger partial charge in [0.05, 0.1) is 22.1 Å². The van der Waals surface area contributed by atoms with Crippen molar-refractivity contribution < 1.29 is 0 Å². The minimum absolute atomic E-state index is 1.07. The Kier molecular flexibility index (Phi) is 13.5. The first-order valence-corrected chi connectivity index (χ1v) is 33.7. The first kappa shape index (κ1) is 56.5. The lowest BCUT2D eigenvalue weighted by atomic mass is 9.86. The van der Waals surface area contributed by atoms with Crippen molar-refractivity contribution in [3.63, 3.8) is 0 Å². The van der Waals surface area contributed by atoms with Crippen molar-refractivity contribution >= 4 is 121 Å². The standard InChI is InChI=1S/C94H62N4/c1-5-27-69(28-6-1)95(75-53-57-91-87(61-75)85-59-67(79-41-21-25-63-23-13-15-35-77(63)79)47-55-89(85)97(91)71-31-9-3-10-32-71)73-49-43-65(44-50-73)93-81-37-17-19-39-83(81)94(84-40-20-18-38-82(84)93)66-45-51-74(52-46-66)96(70-29-7-2-8-30-70)76-54-58-92-88(62-76)86-60-68(80-42-22-26-64-24-14-16-36-78(64)80)48-56-90(86)98(92)72-33-11-4-12-34-72/h1-62H. The molecule has 0 aliphatic rings. The number of anilines is 6. The molecule has 2 heterocycles. The Balaban J connectivity index is 0.709. The molecule has 98 heavy (non-hydrogen) atoms. The Bertz CT molecular complexity index is 5820. The van der Waals surface area contributed by atoms with Crippen molar-refractivity contribution in [3.8, 4) is 55.9 Å². The van der Waals surface area contributed by atoms with Gasteiger partial charge in [-0.3, -0.25) is 0 Å². The van der Waals surface area contributed by atoms with Gasteiger partial charge in [0, 0.05) is 67.0 Å². The van der Waals surface area contributed by atoms with Crippen LogP contribution in [0.4, 0.5) is 34.1 Å². The first-order chi connectivity index (χ1) is 48.6. The van der Waals surface area contributed by atoms with Crippen LogP contribution in [0, 0.1) is 0 Å². The highest BCUT2D eigenvalue weighted by Gasteiger charge is 2.24. The number of nitrogens with zero attached hydrogens (tertiary/aromatic N) is 4. The third-order valence-electron chi connectivity index (χ3n) is 20.0. The summed E-state index contributed by atoms with van der Waals surface area (Å²) in [5.41, 5.74) is 23.0. The largest absolute Gasteiger partial charge is 0.310 e. The molecular weight excluding hydrogens is 1190 g/mol. The first-order valence-electron chi connectivity index (χ1n) is 33.7. The Morgan fingerprint density at radius 1 is 0.173 bits per heavy atom. The molecule has 0 aliphatic heterocycles. The van der Waals surface area contributed by atoms with Gasteiger partial charge in [-0.05, 0) is 221 Å². The molecule has 458 valence electrons. The Labute approximate surface area is 568 Å². The van der Waals surface area contributed by atoms with E-state index in [1.54, 1.807) is 0 Å². The predicted molar refractivity (Wildman–Crippen MR) is 416 cm³/mol. The van der Waals surface area contributed by atoms with Gasteiger partial charge in [-0.1, -0.05) is 243 Å². The van der Waals surface area contributed by atoms with Crippen LogP contribution in [0.3, 0.4) is 0 Å². The van der Waals surface area contributed by atoms with Gasteiger partial charge in [-0.15, -0.1) is 0 Å². The van der Waals surface area contributed by atoms with E-state index in [9.17, 15) is 0 Å². The summed E-state index contributed by atoms with van der Waals surface area (Å²) in [7, 11) is 0. The molecule has 0 saturated carbocycles. The number of para-hydroxylation sites is 4. The Morgan fingerprint density at radius 3 is 0.827 bits per heavy atom. The fourth-order valence-electron chi connectivity index (χ4n) is 15.7. The van der Waals surface area contributed by atoms with Crippen molar-refractivity contribution in [2.75, 3.05) is 9.80 Å². The lowest BCUT2D eigenvalue weighted by Crippen LogP contribution is -2.09. The zero-order valence-corrected chi connectivity index (χ0v) is 53.6. The van der Waals surface area contributed by atoms with Crippen molar-refractivity contribution in [2.45, 2.75) is 0 Å². The monoisotopic (exact) mass is 1250 g/mol. The van der Waals surface area contributed by atoms with Gasteiger partial charge >= 0.3 is 0 Å². The average molecular weight is 1250 g/mol. The molecule has 0 aliphatic carbocycles. The maximum Gasteiger partial charge on any atom is 0.0542 e. The molecule has 0 N–H and O–H groups in total. The van der Waals surface area contributed by atoms with Crippen LogP contribution >= 0.6 is 0 Å². The number of fused-ring (bicyclic) bond motifs is 10. The quantitative estimate of drug-likeness (QED) is 0.113. The minimum atomic E-state index is 1.07. The molecule has 17 aromatic carbocycles. The molecule has 0 saturated heterocycles. The highest BCUT2D eigenvalue weighted by Crippen LogP contribution is 2.48. The second-order valence-electron chi connectivity index (χ2n) is 25.5. The lowest BCUT2D eigenvalue weighted by molar-refractivity contribution is 1.18. The van der Waals surface area contributed by atoms with E-state index in [-0.39, 0.29) is 0 Å². The fraction of sp³-hybridized carbons (Fsp3) is 0. The van der Waals surface area contributed by atoms with Gasteiger partial charge in [0.2, 0.25) is 0 Å². The molecule has 19 rings (SSSR count). The van der Waals surface area contributed by atoms with Gasteiger partial charge in [0.15, 0.2) is 0 Å². The normalized spacial score (nSPS) is 11.7. The minimum Gasteiger partial charge on any atom is -0.310 e. The zero-order valence-electron chi connectivity index (χ0n) is 53.6. The fourth-order valence-corrected chi connectivity index (χ4v) is 15.7. The number of hydrogen-bond donors (Lipinski definition) is 0. The van der Waals surface area contributed by atoms with E-state index in [4.69, 9.17) is 0 Å². The summed E-state index contributed by atoms with van der Waals surface area (Å²) in [5.74, 6) is 0. The van der Waals surface area contributed by atoms with Crippen molar-refractivity contribution in [1.29, 1.82) is 0 Å². The van der Waals surface area contributed by atoms with Gasteiger partial charge < -0.3 is 18.9 Å². The van der Waals surface area contributed by atoms with E-state index in [0.717, 1.165) is 67.7 Å². The summed E-state index contributed by atoms with van der Waals surface area (Å²) in [6.45, 7) is 0. The van der Waals surface area contributed by atoms with Gasteiger partial charge in [0.1, 0.15) is 0 Å². The Hall–Kier alpha value is -13.0. The van der Waals surface area contributed by atoms with Crippen molar-refractivity contribution in [3.05, 3.63) is 376 Å². The summed E-state index contributed by atoms with van der Waals surface area (Å²) < 4.78 is 4.82. The third kappa shape index (κ3) is 9.45. The Morgan fingerprint density at radius 2 is 0.449 bits per heavy atom. The molecule has 4 nitrogen and oxygen atoms in total. The van der Waals surface area contributed by atoms with E-state index >= 15 is 0 Å². The van der Waals surface area contributed by atoms with E-state index in [1.807, 2.05) is 0 Å². The molecule has 2 aromatic heterocycles. The van der Waals surface area contributed by atoms with Crippen LogP contribution in [0.5, 0.6) is 0 Å².